The fourth-order valence-electron chi connectivity index (χ4n) is 3.03. The largest absolute Gasteiger partial charge is 0.370 e. The molecule has 0 aromatic carbocycles. The second-order valence-electron chi connectivity index (χ2n) is 5.97. The molecule has 19 heavy (non-hydrogen) atoms. The molecule has 0 saturated heterocycles. The minimum atomic E-state index is 0.635. The van der Waals surface area contributed by atoms with Crippen molar-refractivity contribution >= 4 is 5.82 Å². The van der Waals surface area contributed by atoms with Crippen molar-refractivity contribution in [3.63, 3.8) is 0 Å². The SMILES string of the molecule is CCCNc1nc(C2CCC2)nc2c1CCCCC2. The zero-order valence-electron chi connectivity index (χ0n) is 12.0. The van der Waals surface area contributed by atoms with E-state index in [-0.39, 0.29) is 0 Å². The van der Waals surface area contributed by atoms with Gasteiger partial charge in [0.2, 0.25) is 0 Å². The summed E-state index contributed by atoms with van der Waals surface area (Å²) in [5.74, 6) is 2.90. The average molecular weight is 259 g/mol. The molecule has 1 aromatic heterocycles. The van der Waals surface area contributed by atoms with Crippen LogP contribution in [0.2, 0.25) is 0 Å². The molecule has 3 heteroatoms. The Labute approximate surface area is 116 Å². The van der Waals surface area contributed by atoms with Crippen LogP contribution >= 0.6 is 0 Å². The third kappa shape index (κ3) is 2.75. The summed E-state index contributed by atoms with van der Waals surface area (Å²) in [5.41, 5.74) is 2.75. The van der Waals surface area contributed by atoms with Crippen molar-refractivity contribution in [3.8, 4) is 0 Å². The number of fused-ring (bicyclic) bond motifs is 1. The molecule has 2 aliphatic rings. The number of hydrogen-bond acceptors (Lipinski definition) is 3. The second-order valence-corrected chi connectivity index (χ2v) is 5.97. The first-order chi connectivity index (χ1) is 9.38. The van der Waals surface area contributed by atoms with Crippen LogP contribution in [0.1, 0.15) is 74.9 Å². The number of anilines is 1. The molecule has 1 fully saturated rings. The number of nitrogens with one attached hydrogen (secondary N) is 1. The van der Waals surface area contributed by atoms with Crippen molar-refractivity contribution in [2.24, 2.45) is 0 Å². The molecule has 104 valence electrons. The highest BCUT2D eigenvalue weighted by Gasteiger charge is 2.25. The zero-order valence-corrected chi connectivity index (χ0v) is 12.0. The number of aromatic nitrogens is 2. The topological polar surface area (TPSA) is 37.8 Å². The summed E-state index contributed by atoms with van der Waals surface area (Å²) in [6.45, 7) is 3.23. The molecule has 1 aromatic rings. The molecule has 1 heterocycles. The standard InChI is InChI=1S/C16H25N3/c1-2-11-17-16-13-9-4-3-5-10-14(13)18-15(19-16)12-7-6-8-12/h12H,2-11H2,1H3,(H,17,18,19). The van der Waals surface area contributed by atoms with Gasteiger partial charge in [-0.25, -0.2) is 9.97 Å². The monoisotopic (exact) mass is 259 g/mol. The van der Waals surface area contributed by atoms with Gasteiger partial charge in [-0.05, 0) is 44.9 Å². The lowest BCUT2D eigenvalue weighted by atomic mass is 9.84. The van der Waals surface area contributed by atoms with Crippen molar-refractivity contribution < 1.29 is 0 Å². The van der Waals surface area contributed by atoms with Gasteiger partial charge in [-0.2, -0.15) is 0 Å². The molecule has 0 atom stereocenters. The van der Waals surface area contributed by atoms with E-state index in [1.54, 1.807) is 0 Å². The summed E-state index contributed by atoms with van der Waals surface area (Å²) in [7, 11) is 0. The number of hydrogen-bond donors (Lipinski definition) is 1. The molecule has 1 N–H and O–H groups in total. The maximum absolute atomic E-state index is 4.91. The Bertz CT molecular complexity index is 438. The molecule has 3 rings (SSSR count). The fourth-order valence-corrected chi connectivity index (χ4v) is 3.03. The van der Waals surface area contributed by atoms with Gasteiger partial charge in [0, 0.05) is 23.7 Å². The van der Waals surface area contributed by atoms with Crippen molar-refractivity contribution in [1.29, 1.82) is 0 Å². The van der Waals surface area contributed by atoms with Gasteiger partial charge in [-0.3, -0.25) is 0 Å². The normalized spacial score (nSPS) is 19.4. The molecule has 0 unspecified atom stereocenters. The number of nitrogens with zero attached hydrogens (tertiary/aromatic N) is 2. The minimum Gasteiger partial charge on any atom is -0.370 e. The van der Waals surface area contributed by atoms with Crippen molar-refractivity contribution in [1.82, 2.24) is 9.97 Å². The van der Waals surface area contributed by atoms with E-state index in [0.29, 0.717) is 5.92 Å². The highest BCUT2D eigenvalue weighted by Crippen LogP contribution is 2.36. The van der Waals surface area contributed by atoms with E-state index in [0.717, 1.165) is 37.4 Å². The summed E-state index contributed by atoms with van der Waals surface area (Å²) in [5, 5.41) is 3.54. The van der Waals surface area contributed by atoms with Crippen molar-refractivity contribution in [2.45, 2.75) is 70.6 Å². The number of rotatable bonds is 4. The Morgan fingerprint density at radius 3 is 2.63 bits per heavy atom. The van der Waals surface area contributed by atoms with Crippen LogP contribution in [0.3, 0.4) is 0 Å². The predicted molar refractivity (Wildman–Crippen MR) is 78.7 cm³/mol. The third-order valence-electron chi connectivity index (χ3n) is 4.46. The Morgan fingerprint density at radius 1 is 1.05 bits per heavy atom. The van der Waals surface area contributed by atoms with Gasteiger partial charge in [-0.1, -0.05) is 19.8 Å². The Kier molecular flexibility index (Phi) is 4.00. The van der Waals surface area contributed by atoms with Gasteiger partial charge >= 0.3 is 0 Å². The van der Waals surface area contributed by atoms with E-state index in [1.807, 2.05) is 0 Å². The van der Waals surface area contributed by atoms with Gasteiger partial charge in [0.25, 0.3) is 0 Å². The molecule has 0 aliphatic heterocycles. The summed E-state index contributed by atoms with van der Waals surface area (Å²) in [6, 6.07) is 0. The first-order valence-corrected chi connectivity index (χ1v) is 8.02. The second kappa shape index (κ2) is 5.89. The van der Waals surface area contributed by atoms with E-state index in [2.05, 4.69) is 12.2 Å². The first-order valence-electron chi connectivity index (χ1n) is 8.02. The highest BCUT2D eigenvalue weighted by atomic mass is 15.0. The molecule has 2 aliphatic carbocycles. The lowest BCUT2D eigenvalue weighted by Gasteiger charge is -2.25. The van der Waals surface area contributed by atoms with Crippen LogP contribution in [0, 0.1) is 0 Å². The van der Waals surface area contributed by atoms with E-state index < -0.39 is 0 Å². The highest BCUT2D eigenvalue weighted by molar-refractivity contribution is 5.47. The lowest BCUT2D eigenvalue weighted by molar-refractivity contribution is 0.400. The third-order valence-corrected chi connectivity index (χ3v) is 4.46. The fraction of sp³-hybridized carbons (Fsp3) is 0.750. The maximum atomic E-state index is 4.91. The molecule has 1 saturated carbocycles. The van der Waals surface area contributed by atoms with Crippen LogP contribution in [0.5, 0.6) is 0 Å². The maximum Gasteiger partial charge on any atom is 0.134 e. The van der Waals surface area contributed by atoms with E-state index in [1.165, 1.54) is 49.8 Å². The zero-order chi connectivity index (χ0) is 13.1. The minimum absolute atomic E-state index is 0.635. The van der Waals surface area contributed by atoms with Gasteiger partial charge < -0.3 is 5.32 Å². The van der Waals surface area contributed by atoms with E-state index in [4.69, 9.17) is 9.97 Å². The summed E-state index contributed by atoms with van der Waals surface area (Å²) >= 11 is 0. The van der Waals surface area contributed by atoms with E-state index >= 15 is 0 Å². The van der Waals surface area contributed by atoms with Crippen molar-refractivity contribution in [2.75, 3.05) is 11.9 Å². The van der Waals surface area contributed by atoms with Crippen LogP contribution in [-0.2, 0) is 12.8 Å². The number of aryl methyl sites for hydroxylation is 1. The average Bonchev–Trinajstić information content (AvgIpc) is 2.59. The molecule has 0 bridgehead atoms. The predicted octanol–water partition coefficient (Wildman–Crippen LogP) is 3.83. The van der Waals surface area contributed by atoms with Crippen molar-refractivity contribution in [3.05, 3.63) is 17.1 Å². The van der Waals surface area contributed by atoms with E-state index in [9.17, 15) is 0 Å². The van der Waals surface area contributed by atoms with Crippen LogP contribution in [0.25, 0.3) is 0 Å². The van der Waals surface area contributed by atoms with Crippen LogP contribution in [0.15, 0.2) is 0 Å². The molecule has 3 nitrogen and oxygen atoms in total. The van der Waals surface area contributed by atoms with Gasteiger partial charge in [0.05, 0.1) is 0 Å². The van der Waals surface area contributed by atoms with Crippen LogP contribution in [0.4, 0.5) is 5.82 Å². The smallest absolute Gasteiger partial charge is 0.134 e. The van der Waals surface area contributed by atoms with Gasteiger partial charge in [0.15, 0.2) is 0 Å². The van der Waals surface area contributed by atoms with Gasteiger partial charge in [0.1, 0.15) is 11.6 Å². The first kappa shape index (κ1) is 12.9. The molecule has 0 spiro atoms. The molecular weight excluding hydrogens is 234 g/mol. The Balaban J connectivity index is 1.93. The Morgan fingerprint density at radius 2 is 1.89 bits per heavy atom. The molecular formula is C16H25N3. The van der Waals surface area contributed by atoms with Gasteiger partial charge in [-0.15, -0.1) is 0 Å². The van der Waals surface area contributed by atoms with Crippen LogP contribution < -0.4 is 5.32 Å². The quantitative estimate of drug-likeness (QED) is 0.835. The molecule has 0 radical (unpaired) electrons. The summed E-state index contributed by atoms with van der Waals surface area (Å²) in [6.07, 6.45) is 11.3. The lowest BCUT2D eigenvalue weighted by Crippen LogP contribution is -2.17. The molecule has 0 amide bonds. The van der Waals surface area contributed by atoms with Crippen LogP contribution in [-0.4, -0.2) is 16.5 Å². The summed E-state index contributed by atoms with van der Waals surface area (Å²) < 4.78 is 0. The summed E-state index contributed by atoms with van der Waals surface area (Å²) in [4.78, 5) is 9.78. The Hall–Kier alpha value is -1.12.